The largest absolute Gasteiger partial charge is 0.398 e. The van der Waals surface area contributed by atoms with E-state index < -0.39 is 10.0 Å². The number of hydrogen-bond donors (Lipinski definition) is 2. The molecule has 3 atom stereocenters. The molecule has 0 saturated heterocycles. The van der Waals surface area contributed by atoms with E-state index in [0.29, 0.717) is 16.3 Å². The predicted octanol–water partition coefficient (Wildman–Crippen LogP) is 3.13. The maximum absolute atomic E-state index is 12.5. The van der Waals surface area contributed by atoms with Crippen molar-refractivity contribution in [3.63, 3.8) is 0 Å². The van der Waals surface area contributed by atoms with Crippen LogP contribution in [-0.4, -0.2) is 14.5 Å². The van der Waals surface area contributed by atoms with E-state index >= 15 is 0 Å². The Balaban J connectivity index is 2.22. The summed E-state index contributed by atoms with van der Waals surface area (Å²) in [5, 5.41) is 0. The predicted molar refractivity (Wildman–Crippen MR) is 84.8 cm³/mol. The molecule has 1 fully saturated rings. The van der Waals surface area contributed by atoms with E-state index in [2.05, 4.69) is 34.5 Å². The van der Waals surface area contributed by atoms with E-state index in [0.717, 1.165) is 19.3 Å². The minimum atomic E-state index is -3.57. The van der Waals surface area contributed by atoms with E-state index in [-0.39, 0.29) is 16.6 Å². The lowest BCUT2D eigenvalue weighted by molar-refractivity contribution is 0.368. The minimum absolute atomic E-state index is 0.00308. The molecular weight excluding hydrogens is 340 g/mol. The van der Waals surface area contributed by atoms with Crippen LogP contribution in [0.1, 0.15) is 33.1 Å². The monoisotopic (exact) mass is 360 g/mol. The van der Waals surface area contributed by atoms with Gasteiger partial charge in [-0.05, 0) is 42.9 Å². The molecule has 1 aliphatic carbocycles. The van der Waals surface area contributed by atoms with Crippen LogP contribution in [0.5, 0.6) is 0 Å². The summed E-state index contributed by atoms with van der Waals surface area (Å²) in [6.45, 7) is 4.28. The van der Waals surface area contributed by atoms with Crippen LogP contribution in [0.25, 0.3) is 0 Å². The summed E-state index contributed by atoms with van der Waals surface area (Å²) < 4.78 is 28.5. The molecule has 0 aromatic heterocycles. The maximum atomic E-state index is 12.5. The number of benzene rings is 1. The lowest BCUT2D eigenvalue weighted by atomic mass is 9.94. The van der Waals surface area contributed by atoms with Gasteiger partial charge in [-0.3, -0.25) is 0 Å². The Bertz CT molecular complexity index is 589. The lowest BCUT2D eigenvalue weighted by Gasteiger charge is -2.21. The highest BCUT2D eigenvalue weighted by Gasteiger charge is 2.34. The highest BCUT2D eigenvalue weighted by molar-refractivity contribution is 9.10. The van der Waals surface area contributed by atoms with Gasteiger partial charge < -0.3 is 5.73 Å². The van der Waals surface area contributed by atoms with Crippen molar-refractivity contribution in [1.29, 1.82) is 0 Å². The van der Waals surface area contributed by atoms with Crippen LogP contribution in [0.3, 0.4) is 0 Å². The number of halogens is 1. The summed E-state index contributed by atoms with van der Waals surface area (Å²) in [6.07, 6.45) is 3.07. The summed E-state index contributed by atoms with van der Waals surface area (Å²) in [6, 6.07) is 4.89. The molecule has 0 aliphatic heterocycles. The topological polar surface area (TPSA) is 72.2 Å². The average Bonchev–Trinajstić information content (AvgIpc) is 2.73. The Kier molecular flexibility index (Phi) is 4.76. The zero-order chi connectivity index (χ0) is 14.9. The van der Waals surface area contributed by atoms with Crippen molar-refractivity contribution in [2.24, 2.45) is 11.8 Å². The molecule has 20 heavy (non-hydrogen) atoms. The zero-order valence-corrected chi connectivity index (χ0v) is 14.2. The SMILES string of the molecule is CCC1CCC(NS(=O)(=O)c2cc(Br)ccc2N)C1C. The number of nitrogens with two attached hydrogens (primary N) is 1. The molecule has 1 aromatic carbocycles. The fourth-order valence-corrected chi connectivity index (χ4v) is 5.02. The first-order valence-corrected chi connectivity index (χ1v) is 9.20. The first-order chi connectivity index (χ1) is 9.35. The Morgan fingerprint density at radius 2 is 2.10 bits per heavy atom. The molecule has 0 spiro atoms. The third-order valence-corrected chi connectivity index (χ3v) is 6.36. The molecule has 3 unspecified atom stereocenters. The molecule has 3 N–H and O–H groups in total. The van der Waals surface area contributed by atoms with Gasteiger partial charge in [0.25, 0.3) is 0 Å². The molecule has 6 heteroatoms. The first kappa shape index (κ1) is 15.8. The molecule has 0 amide bonds. The van der Waals surface area contributed by atoms with Crippen molar-refractivity contribution in [2.75, 3.05) is 5.73 Å². The van der Waals surface area contributed by atoms with Crippen molar-refractivity contribution in [2.45, 2.75) is 44.0 Å². The lowest BCUT2D eigenvalue weighted by Crippen LogP contribution is -2.37. The van der Waals surface area contributed by atoms with Crippen molar-refractivity contribution in [3.8, 4) is 0 Å². The van der Waals surface area contributed by atoms with Gasteiger partial charge in [0.2, 0.25) is 10.0 Å². The van der Waals surface area contributed by atoms with Crippen LogP contribution < -0.4 is 10.5 Å². The second-order valence-corrected chi connectivity index (χ2v) is 8.11. The quantitative estimate of drug-likeness (QED) is 0.810. The highest BCUT2D eigenvalue weighted by Crippen LogP contribution is 2.35. The van der Waals surface area contributed by atoms with Gasteiger partial charge in [0.1, 0.15) is 4.90 Å². The molecule has 112 valence electrons. The van der Waals surface area contributed by atoms with Crippen molar-refractivity contribution in [1.82, 2.24) is 4.72 Å². The molecule has 1 saturated carbocycles. The maximum Gasteiger partial charge on any atom is 0.242 e. The Labute approximate surface area is 129 Å². The molecule has 1 aromatic rings. The average molecular weight is 361 g/mol. The van der Waals surface area contributed by atoms with Gasteiger partial charge in [-0.15, -0.1) is 0 Å². The highest BCUT2D eigenvalue weighted by atomic mass is 79.9. The molecule has 1 aliphatic rings. The van der Waals surface area contributed by atoms with Crippen molar-refractivity contribution < 1.29 is 8.42 Å². The van der Waals surface area contributed by atoms with Crippen LogP contribution in [0.2, 0.25) is 0 Å². The molecule has 0 radical (unpaired) electrons. The van der Waals surface area contributed by atoms with Gasteiger partial charge in [-0.25, -0.2) is 13.1 Å². The van der Waals surface area contributed by atoms with E-state index in [4.69, 9.17) is 5.73 Å². The Hall–Kier alpha value is -0.590. The van der Waals surface area contributed by atoms with Gasteiger partial charge in [0, 0.05) is 10.5 Å². The van der Waals surface area contributed by atoms with E-state index in [1.54, 1.807) is 18.2 Å². The Morgan fingerprint density at radius 1 is 1.40 bits per heavy atom. The second-order valence-electron chi connectivity index (χ2n) is 5.51. The summed E-state index contributed by atoms with van der Waals surface area (Å²) in [5.41, 5.74) is 6.07. The normalized spacial score (nSPS) is 26.9. The standard InChI is InChI=1S/C14H21BrN2O2S/c1-3-10-4-7-13(9(10)2)17-20(18,19)14-8-11(15)5-6-12(14)16/h5-6,8-10,13,17H,3-4,7,16H2,1-2H3. The van der Waals surface area contributed by atoms with Crippen LogP contribution in [0.15, 0.2) is 27.6 Å². The molecule has 4 nitrogen and oxygen atoms in total. The number of nitrogens with one attached hydrogen (secondary N) is 1. The van der Waals surface area contributed by atoms with Gasteiger partial charge in [-0.2, -0.15) is 0 Å². The first-order valence-electron chi connectivity index (χ1n) is 6.92. The Morgan fingerprint density at radius 3 is 2.70 bits per heavy atom. The fraction of sp³-hybridized carbons (Fsp3) is 0.571. The molecule has 2 rings (SSSR count). The van der Waals surface area contributed by atoms with Crippen LogP contribution in [0.4, 0.5) is 5.69 Å². The summed E-state index contributed by atoms with van der Waals surface area (Å²) in [7, 11) is -3.57. The summed E-state index contributed by atoms with van der Waals surface area (Å²) in [4.78, 5) is 0.152. The molecule has 0 bridgehead atoms. The summed E-state index contributed by atoms with van der Waals surface area (Å²) >= 11 is 3.29. The van der Waals surface area contributed by atoms with Crippen molar-refractivity contribution >= 4 is 31.6 Å². The van der Waals surface area contributed by atoms with Gasteiger partial charge in [0.15, 0.2) is 0 Å². The van der Waals surface area contributed by atoms with Gasteiger partial charge >= 0.3 is 0 Å². The third-order valence-electron chi connectivity index (χ3n) is 4.32. The van der Waals surface area contributed by atoms with Gasteiger partial charge in [-0.1, -0.05) is 36.2 Å². The van der Waals surface area contributed by atoms with Crippen LogP contribution >= 0.6 is 15.9 Å². The molecule has 0 heterocycles. The number of hydrogen-bond acceptors (Lipinski definition) is 3. The number of sulfonamides is 1. The minimum Gasteiger partial charge on any atom is -0.398 e. The zero-order valence-electron chi connectivity index (χ0n) is 11.8. The van der Waals surface area contributed by atoms with Crippen LogP contribution in [-0.2, 0) is 10.0 Å². The van der Waals surface area contributed by atoms with E-state index in [1.165, 1.54) is 0 Å². The fourth-order valence-electron chi connectivity index (χ4n) is 2.99. The summed E-state index contributed by atoms with van der Waals surface area (Å²) in [5.74, 6) is 0.964. The van der Waals surface area contributed by atoms with E-state index in [1.807, 2.05) is 0 Å². The number of anilines is 1. The van der Waals surface area contributed by atoms with Crippen molar-refractivity contribution in [3.05, 3.63) is 22.7 Å². The molecular formula is C14H21BrN2O2S. The van der Waals surface area contributed by atoms with Gasteiger partial charge in [0.05, 0.1) is 5.69 Å². The van der Waals surface area contributed by atoms with E-state index in [9.17, 15) is 8.42 Å². The smallest absolute Gasteiger partial charge is 0.242 e. The van der Waals surface area contributed by atoms with Crippen LogP contribution in [0, 0.1) is 11.8 Å². The number of rotatable bonds is 4. The second kappa shape index (κ2) is 6.03. The third kappa shape index (κ3) is 3.18. The number of nitrogen functional groups attached to an aromatic ring is 1.